The molecule has 0 aliphatic rings. The number of ether oxygens (including phenoxy) is 1. The minimum Gasteiger partial charge on any atom is -0.388 e. The molecular weight excluding hydrogens is 426 g/mol. The van der Waals surface area contributed by atoms with E-state index in [1.165, 1.54) is 6.21 Å². The molecule has 4 rings (SSSR count). The number of methoxy groups -OCH3 is 1. The molecule has 0 aliphatic carbocycles. The largest absolute Gasteiger partial charge is 0.388 e. The summed E-state index contributed by atoms with van der Waals surface area (Å²) in [6, 6.07) is 21.5. The highest BCUT2D eigenvalue weighted by atomic mass is 16.5. The topological polar surface area (TPSA) is 91.5 Å². The van der Waals surface area contributed by atoms with Crippen molar-refractivity contribution in [1.82, 2.24) is 14.7 Å². The lowest BCUT2D eigenvalue weighted by molar-refractivity contribution is -0.115. The first-order valence-electron chi connectivity index (χ1n) is 11.0. The molecule has 7 heteroatoms. The van der Waals surface area contributed by atoms with Crippen LogP contribution < -0.4 is 10.6 Å². The van der Waals surface area contributed by atoms with Crippen molar-refractivity contribution in [2.24, 2.45) is 0 Å². The predicted octanol–water partition coefficient (Wildman–Crippen LogP) is 4.41. The fraction of sp³-hybridized carbons (Fsp3) is 0.148. The van der Waals surface area contributed by atoms with E-state index in [2.05, 4.69) is 15.6 Å². The van der Waals surface area contributed by atoms with Gasteiger partial charge in [0, 0.05) is 48.6 Å². The fourth-order valence-corrected chi connectivity index (χ4v) is 3.76. The normalized spacial score (nSPS) is 11.4. The lowest BCUT2D eigenvalue weighted by atomic mass is 10.0. The zero-order valence-corrected chi connectivity index (χ0v) is 19.0. The van der Waals surface area contributed by atoms with Gasteiger partial charge in [-0.25, -0.2) is 4.98 Å². The van der Waals surface area contributed by atoms with Crippen LogP contribution in [0.4, 0.5) is 5.69 Å². The van der Waals surface area contributed by atoms with Gasteiger partial charge in [0.15, 0.2) is 0 Å². The third kappa shape index (κ3) is 5.39. The molecule has 3 N–H and O–H groups in total. The number of rotatable bonds is 10. The number of imidazole rings is 1. The zero-order chi connectivity index (χ0) is 23.8. The van der Waals surface area contributed by atoms with Crippen LogP contribution in [0.15, 0.2) is 85.5 Å². The summed E-state index contributed by atoms with van der Waals surface area (Å²) in [7, 11) is 1.65. The van der Waals surface area contributed by atoms with Gasteiger partial charge in [-0.05, 0) is 29.3 Å². The second kappa shape index (κ2) is 11.1. The van der Waals surface area contributed by atoms with Crippen LogP contribution in [0.5, 0.6) is 0 Å². The number of nitrogens with zero attached hydrogens (tertiary/aromatic N) is 2. The highest BCUT2D eigenvalue weighted by Gasteiger charge is 2.14. The molecule has 2 aromatic carbocycles. The Bertz CT molecular complexity index is 1290. The maximum absolute atomic E-state index is 13.0. The summed E-state index contributed by atoms with van der Waals surface area (Å²) in [5, 5.41) is 13.8. The van der Waals surface area contributed by atoms with Crippen LogP contribution in [0.2, 0.25) is 0 Å². The second-order valence-electron chi connectivity index (χ2n) is 7.74. The van der Waals surface area contributed by atoms with Crippen molar-refractivity contribution in [2.75, 3.05) is 25.6 Å². The molecule has 2 heterocycles. The number of pyridine rings is 1. The summed E-state index contributed by atoms with van der Waals surface area (Å²) >= 11 is 0. The lowest BCUT2D eigenvalue weighted by Gasteiger charge is -2.13. The molecule has 0 saturated heterocycles. The van der Waals surface area contributed by atoms with Gasteiger partial charge in [-0.3, -0.25) is 4.79 Å². The number of anilines is 1. The van der Waals surface area contributed by atoms with E-state index in [0.29, 0.717) is 18.8 Å². The Morgan fingerprint density at radius 1 is 1.09 bits per heavy atom. The van der Waals surface area contributed by atoms with Crippen molar-refractivity contribution >= 4 is 28.9 Å². The Labute approximate surface area is 198 Å². The van der Waals surface area contributed by atoms with Crippen LogP contribution in [0.25, 0.3) is 22.2 Å². The standard InChI is InChI=1S/C27H27N5O2/c1-34-14-13-29-17-22(16-28)20-7-9-23(10-8-20)31-27(33)15-26-25(21-5-3-2-4-6-21)12-11-24-18-30-19-32(24)26/h2-12,16-19,28-29H,13-15H2,1H3,(H,31,33)/b22-17+,28-16?. The molecule has 7 nitrogen and oxygen atoms in total. The molecule has 1 amide bonds. The summed E-state index contributed by atoms with van der Waals surface area (Å²) < 4.78 is 6.98. The van der Waals surface area contributed by atoms with Crippen molar-refractivity contribution in [2.45, 2.75) is 6.42 Å². The first-order chi connectivity index (χ1) is 16.7. The van der Waals surface area contributed by atoms with E-state index < -0.39 is 0 Å². The van der Waals surface area contributed by atoms with E-state index in [9.17, 15) is 4.79 Å². The molecule has 0 unspecified atom stereocenters. The third-order valence-corrected chi connectivity index (χ3v) is 5.47. The van der Waals surface area contributed by atoms with E-state index in [4.69, 9.17) is 10.1 Å². The first-order valence-corrected chi connectivity index (χ1v) is 11.0. The Hall–Kier alpha value is -4.23. The van der Waals surface area contributed by atoms with Crippen molar-refractivity contribution in [3.63, 3.8) is 0 Å². The van der Waals surface area contributed by atoms with E-state index >= 15 is 0 Å². The molecule has 0 radical (unpaired) electrons. The molecule has 0 saturated carbocycles. The van der Waals surface area contributed by atoms with Crippen molar-refractivity contribution in [3.8, 4) is 11.1 Å². The monoisotopic (exact) mass is 453 g/mol. The second-order valence-corrected chi connectivity index (χ2v) is 7.74. The minimum atomic E-state index is -0.116. The number of carbonyl (C=O) groups is 1. The Morgan fingerprint density at radius 2 is 1.88 bits per heavy atom. The van der Waals surface area contributed by atoms with Crippen LogP contribution in [0.1, 0.15) is 11.3 Å². The van der Waals surface area contributed by atoms with Gasteiger partial charge in [-0.1, -0.05) is 48.5 Å². The van der Waals surface area contributed by atoms with E-state index in [0.717, 1.165) is 33.5 Å². The number of allylic oxidation sites excluding steroid dienone is 1. The molecule has 4 aromatic rings. The van der Waals surface area contributed by atoms with Crippen LogP contribution in [0, 0.1) is 5.41 Å². The summed E-state index contributed by atoms with van der Waals surface area (Å²) in [6.07, 6.45) is 6.81. The Balaban J connectivity index is 1.50. The lowest BCUT2D eigenvalue weighted by Crippen LogP contribution is -2.17. The highest BCUT2D eigenvalue weighted by molar-refractivity contribution is 6.08. The highest BCUT2D eigenvalue weighted by Crippen LogP contribution is 2.26. The molecule has 172 valence electrons. The maximum Gasteiger partial charge on any atom is 0.230 e. The van der Waals surface area contributed by atoms with Gasteiger partial charge in [0.25, 0.3) is 0 Å². The Morgan fingerprint density at radius 3 is 2.62 bits per heavy atom. The molecule has 0 bridgehead atoms. The number of hydrogen-bond acceptors (Lipinski definition) is 5. The Kier molecular flexibility index (Phi) is 7.47. The maximum atomic E-state index is 13.0. The van der Waals surface area contributed by atoms with E-state index in [1.807, 2.05) is 71.1 Å². The van der Waals surface area contributed by atoms with Crippen LogP contribution >= 0.6 is 0 Å². The quantitative estimate of drug-likeness (QED) is 0.245. The van der Waals surface area contributed by atoms with Gasteiger partial charge >= 0.3 is 0 Å². The first kappa shape index (κ1) is 22.9. The number of fused-ring (bicyclic) bond motifs is 1. The molecule has 0 spiro atoms. The van der Waals surface area contributed by atoms with E-state index in [1.54, 1.807) is 25.8 Å². The number of amides is 1. The molecule has 2 aromatic heterocycles. The van der Waals surface area contributed by atoms with Gasteiger partial charge in [0.2, 0.25) is 5.91 Å². The van der Waals surface area contributed by atoms with Gasteiger partial charge < -0.3 is 25.2 Å². The smallest absolute Gasteiger partial charge is 0.230 e. The van der Waals surface area contributed by atoms with Crippen LogP contribution in [-0.4, -0.2) is 41.8 Å². The van der Waals surface area contributed by atoms with Gasteiger partial charge in [0.1, 0.15) is 0 Å². The number of aromatic nitrogens is 2. The fourth-order valence-electron chi connectivity index (χ4n) is 3.76. The van der Waals surface area contributed by atoms with Crippen molar-refractivity contribution in [1.29, 1.82) is 5.41 Å². The summed E-state index contributed by atoms with van der Waals surface area (Å²) in [4.78, 5) is 17.2. The summed E-state index contributed by atoms with van der Waals surface area (Å²) in [5.41, 5.74) is 6.20. The van der Waals surface area contributed by atoms with E-state index in [-0.39, 0.29) is 12.3 Å². The molecule has 0 aliphatic heterocycles. The number of nitrogens with one attached hydrogen (secondary N) is 3. The number of benzene rings is 2. The minimum absolute atomic E-state index is 0.116. The average molecular weight is 454 g/mol. The van der Waals surface area contributed by atoms with Gasteiger partial charge in [0.05, 0.1) is 31.1 Å². The third-order valence-electron chi connectivity index (χ3n) is 5.47. The van der Waals surface area contributed by atoms with Gasteiger partial charge in [-0.15, -0.1) is 0 Å². The van der Waals surface area contributed by atoms with Gasteiger partial charge in [-0.2, -0.15) is 0 Å². The average Bonchev–Trinajstić information content (AvgIpc) is 3.35. The SMILES string of the molecule is COCCN/C=C(\C=N)c1ccc(NC(=O)Cc2c(-c3ccccc3)ccc3cncn23)cc1. The molecule has 0 atom stereocenters. The molecule has 0 fully saturated rings. The van der Waals surface area contributed by atoms with Crippen molar-refractivity contribution in [3.05, 3.63) is 96.7 Å². The van der Waals surface area contributed by atoms with Crippen LogP contribution in [0.3, 0.4) is 0 Å². The zero-order valence-electron chi connectivity index (χ0n) is 19.0. The summed E-state index contributed by atoms with van der Waals surface area (Å²) in [6.45, 7) is 1.25. The summed E-state index contributed by atoms with van der Waals surface area (Å²) in [5.74, 6) is -0.116. The molecular formula is C27H27N5O2. The number of carbonyl (C=O) groups excluding carboxylic acids is 1. The van der Waals surface area contributed by atoms with Crippen molar-refractivity contribution < 1.29 is 9.53 Å². The number of hydrogen-bond donors (Lipinski definition) is 3. The predicted molar refractivity (Wildman–Crippen MR) is 136 cm³/mol. The molecule has 34 heavy (non-hydrogen) atoms. The van der Waals surface area contributed by atoms with Crippen LogP contribution in [-0.2, 0) is 16.0 Å².